The first-order valence-corrected chi connectivity index (χ1v) is 8.62. The second-order valence-electron chi connectivity index (χ2n) is 6.37. The number of halogens is 4. The van der Waals surface area contributed by atoms with Crippen molar-refractivity contribution >= 4 is 5.97 Å². The lowest BCUT2D eigenvalue weighted by atomic mass is 9.98. The number of ether oxygens (including phenoxy) is 1. The molecule has 7 heteroatoms. The highest BCUT2D eigenvalue weighted by Gasteiger charge is 2.31. The van der Waals surface area contributed by atoms with E-state index in [1.165, 1.54) is 18.2 Å². The van der Waals surface area contributed by atoms with E-state index < -0.39 is 23.5 Å². The lowest BCUT2D eigenvalue weighted by Crippen LogP contribution is -2.06. The van der Waals surface area contributed by atoms with Crippen LogP contribution in [0.25, 0.3) is 11.1 Å². The molecule has 0 aromatic heterocycles. The first-order chi connectivity index (χ1) is 13.7. The number of aliphatic carboxylic acids is 1. The van der Waals surface area contributed by atoms with Crippen LogP contribution >= 0.6 is 0 Å². The summed E-state index contributed by atoms with van der Waals surface area (Å²) in [7, 11) is 0. The summed E-state index contributed by atoms with van der Waals surface area (Å²) < 4.78 is 58.8. The van der Waals surface area contributed by atoms with E-state index in [2.05, 4.69) is 0 Å². The minimum atomic E-state index is -4.67. The predicted octanol–water partition coefficient (Wildman–Crippen LogP) is 5.72. The van der Waals surface area contributed by atoms with Crippen LogP contribution in [0.1, 0.15) is 16.7 Å². The zero-order chi connectivity index (χ0) is 21.0. The molecule has 0 radical (unpaired) electrons. The lowest BCUT2D eigenvalue weighted by molar-refractivity contribution is -0.138. The van der Waals surface area contributed by atoms with Gasteiger partial charge in [0.05, 0.1) is 12.0 Å². The maximum atomic E-state index is 14.5. The van der Waals surface area contributed by atoms with E-state index >= 15 is 0 Å². The summed E-state index contributed by atoms with van der Waals surface area (Å²) in [5, 5.41) is 9.00. The lowest BCUT2D eigenvalue weighted by Gasteiger charge is -2.15. The first-order valence-electron chi connectivity index (χ1n) is 8.62. The number of benzene rings is 3. The summed E-state index contributed by atoms with van der Waals surface area (Å²) in [4.78, 5) is 11.0. The van der Waals surface area contributed by atoms with Gasteiger partial charge in [0.25, 0.3) is 0 Å². The van der Waals surface area contributed by atoms with Crippen LogP contribution in [0.15, 0.2) is 66.7 Å². The molecule has 150 valence electrons. The van der Waals surface area contributed by atoms with Crippen LogP contribution in [0.4, 0.5) is 17.6 Å². The molecule has 3 aromatic carbocycles. The third kappa shape index (κ3) is 5.13. The van der Waals surface area contributed by atoms with Gasteiger partial charge in [0.2, 0.25) is 0 Å². The molecule has 0 aliphatic rings. The minimum Gasteiger partial charge on any atom is -0.488 e. The third-order valence-electron chi connectivity index (χ3n) is 4.22. The van der Waals surface area contributed by atoms with Crippen molar-refractivity contribution in [3.05, 3.63) is 89.2 Å². The Morgan fingerprint density at radius 2 is 1.62 bits per heavy atom. The Morgan fingerprint density at radius 3 is 2.24 bits per heavy atom. The number of alkyl halides is 3. The maximum Gasteiger partial charge on any atom is 0.416 e. The highest BCUT2D eigenvalue weighted by molar-refractivity contribution is 5.75. The molecule has 0 aliphatic heterocycles. The van der Waals surface area contributed by atoms with Crippen molar-refractivity contribution in [2.24, 2.45) is 0 Å². The second kappa shape index (κ2) is 8.34. The molecule has 0 atom stereocenters. The summed E-state index contributed by atoms with van der Waals surface area (Å²) in [6.45, 7) is 0.161. The van der Waals surface area contributed by atoms with Crippen molar-refractivity contribution < 1.29 is 32.2 Å². The fourth-order valence-electron chi connectivity index (χ4n) is 2.84. The zero-order valence-electron chi connectivity index (χ0n) is 15.0. The maximum absolute atomic E-state index is 14.5. The summed E-state index contributed by atoms with van der Waals surface area (Å²) in [5.41, 5.74) is 0.200. The highest BCUT2D eigenvalue weighted by Crippen LogP contribution is 2.37. The number of rotatable bonds is 6. The first kappa shape index (κ1) is 20.4. The van der Waals surface area contributed by atoms with E-state index in [1.807, 2.05) is 30.3 Å². The molecule has 0 saturated carbocycles. The van der Waals surface area contributed by atoms with Crippen molar-refractivity contribution in [3.63, 3.8) is 0 Å². The molecule has 3 nitrogen and oxygen atoms in total. The molecule has 0 fully saturated rings. The van der Waals surface area contributed by atoms with E-state index in [9.17, 15) is 22.4 Å². The van der Waals surface area contributed by atoms with E-state index in [4.69, 9.17) is 9.84 Å². The van der Waals surface area contributed by atoms with Gasteiger partial charge in [-0.05, 0) is 35.4 Å². The van der Waals surface area contributed by atoms with Gasteiger partial charge in [-0.25, -0.2) is 4.39 Å². The van der Waals surface area contributed by atoms with Crippen LogP contribution in [0.5, 0.6) is 5.75 Å². The molecule has 0 amide bonds. The summed E-state index contributed by atoms with van der Waals surface area (Å²) >= 11 is 0. The Balaban J connectivity index is 2.00. The summed E-state index contributed by atoms with van der Waals surface area (Å²) in [6, 6.07) is 15.8. The smallest absolute Gasteiger partial charge is 0.416 e. The SMILES string of the molecule is O=C(O)Cc1ccc(OCc2ccccc2)c(-c2ccc(C(F)(F)F)cc2F)c1. The zero-order valence-corrected chi connectivity index (χ0v) is 15.0. The molecule has 0 heterocycles. The summed E-state index contributed by atoms with van der Waals surface area (Å²) in [5.74, 6) is -1.92. The van der Waals surface area contributed by atoms with Gasteiger partial charge in [0.15, 0.2) is 0 Å². The molecule has 0 aliphatic carbocycles. The van der Waals surface area contributed by atoms with Gasteiger partial charge in [-0.2, -0.15) is 13.2 Å². The predicted molar refractivity (Wildman–Crippen MR) is 99.0 cm³/mol. The number of carbonyl (C=O) groups is 1. The quantitative estimate of drug-likeness (QED) is 0.535. The standard InChI is InChI=1S/C22H16F4O3/c23-19-12-16(22(24,25)26)7-8-17(19)18-10-15(11-21(27)28)6-9-20(18)29-13-14-4-2-1-3-5-14/h1-10,12H,11,13H2,(H,27,28). The van der Waals surface area contributed by atoms with Gasteiger partial charge >= 0.3 is 12.1 Å². The van der Waals surface area contributed by atoms with E-state index in [0.717, 1.165) is 17.7 Å². The van der Waals surface area contributed by atoms with E-state index in [-0.39, 0.29) is 29.9 Å². The molecular weight excluding hydrogens is 388 g/mol. The third-order valence-corrected chi connectivity index (χ3v) is 4.22. The largest absolute Gasteiger partial charge is 0.488 e. The minimum absolute atomic E-state index is 0.103. The Morgan fingerprint density at radius 1 is 0.897 bits per heavy atom. The molecule has 0 bridgehead atoms. The molecule has 0 saturated heterocycles. The number of carboxylic acids is 1. The van der Waals surface area contributed by atoms with Gasteiger partial charge in [-0.15, -0.1) is 0 Å². The monoisotopic (exact) mass is 404 g/mol. The number of hydrogen-bond donors (Lipinski definition) is 1. The Labute approximate surface area is 164 Å². The van der Waals surface area contributed by atoms with Gasteiger partial charge in [0.1, 0.15) is 18.2 Å². The fraction of sp³-hybridized carbons (Fsp3) is 0.136. The molecular formula is C22H16F4O3. The molecule has 1 N–H and O–H groups in total. The van der Waals surface area contributed by atoms with Gasteiger partial charge < -0.3 is 9.84 Å². The molecule has 0 spiro atoms. The molecule has 0 unspecified atom stereocenters. The molecule has 29 heavy (non-hydrogen) atoms. The van der Waals surface area contributed by atoms with Crippen molar-refractivity contribution in [1.29, 1.82) is 0 Å². The van der Waals surface area contributed by atoms with Crippen molar-refractivity contribution in [2.45, 2.75) is 19.2 Å². The van der Waals surface area contributed by atoms with Crippen LogP contribution in [-0.4, -0.2) is 11.1 Å². The Bertz CT molecular complexity index is 1010. The van der Waals surface area contributed by atoms with Crippen LogP contribution in [0, 0.1) is 5.82 Å². The molecule has 3 rings (SSSR count). The van der Waals surface area contributed by atoms with Gasteiger partial charge in [-0.1, -0.05) is 42.5 Å². The summed E-state index contributed by atoms with van der Waals surface area (Å²) in [6.07, 6.45) is -4.98. The topological polar surface area (TPSA) is 46.5 Å². The van der Waals surface area contributed by atoms with Crippen molar-refractivity contribution in [1.82, 2.24) is 0 Å². The number of hydrogen-bond acceptors (Lipinski definition) is 2. The van der Waals surface area contributed by atoms with Crippen LogP contribution in [0.2, 0.25) is 0 Å². The molecule has 3 aromatic rings. The second-order valence-corrected chi connectivity index (χ2v) is 6.37. The van der Waals surface area contributed by atoms with Crippen LogP contribution in [0.3, 0.4) is 0 Å². The average molecular weight is 404 g/mol. The Hall–Kier alpha value is -3.35. The Kier molecular flexibility index (Phi) is 5.87. The van der Waals surface area contributed by atoms with Gasteiger partial charge in [-0.3, -0.25) is 4.79 Å². The van der Waals surface area contributed by atoms with E-state index in [0.29, 0.717) is 11.6 Å². The number of carboxylic acid groups (broad SMARTS) is 1. The van der Waals surface area contributed by atoms with Crippen LogP contribution in [-0.2, 0) is 24.0 Å². The van der Waals surface area contributed by atoms with Gasteiger partial charge in [0, 0.05) is 11.1 Å². The van der Waals surface area contributed by atoms with Crippen molar-refractivity contribution in [3.8, 4) is 16.9 Å². The highest BCUT2D eigenvalue weighted by atomic mass is 19.4. The van der Waals surface area contributed by atoms with Crippen molar-refractivity contribution in [2.75, 3.05) is 0 Å². The average Bonchev–Trinajstić information content (AvgIpc) is 2.66. The van der Waals surface area contributed by atoms with Crippen LogP contribution < -0.4 is 4.74 Å². The fourth-order valence-corrected chi connectivity index (χ4v) is 2.84. The normalized spacial score (nSPS) is 11.3. The van der Waals surface area contributed by atoms with E-state index in [1.54, 1.807) is 0 Å².